The van der Waals surface area contributed by atoms with Gasteiger partial charge in [-0.05, 0) is 23.9 Å². The SMILES string of the molecule is CCC(NC(=O)c1cnccc1N)c1cccs1. The van der Waals surface area contributed by atoms with Crippen LogP contribution < -0.4 is 11.1 Å². The molecule has 0 aliphatic carbocycles. The topological polar surface area (TPSA) is 68.0 Å². The van der Waals surface area contributed by atoms with Crippen molar-refractivity contribution in [3.8, 4) is 0 Å². The van der Waals surface area contributed by atoms with Crippen molar-refractivity contribution in [2.45, 2.75) is 19.4 Å². The van der Waals surface area contributed by atoms with Crippen LogP contribution in [-0.4, -0.2) is 10.9 Å². The lowest BCUT2D eigenvalue weighted by atomic mass is 10.1. The summed E-state index contributed by atoms with van der Waals surface area (Å²) in [6.45, 7) is 2.04. The van der Waals surface area contributed by atoms with Crippen LogP contribution in [-0.2, 0) is 0 Å². The first-order chi connectivity index (χ1) is 8.72. The van der Waals surface area contributed by atoms with E-state index in [2.05, 4.69) is 10.3 Å². The van der Waals surface area contributed by atoms with Gasteiger partial charge < -0.3 is 11.1 Å². The number of anilines is 1. The van der Waals surface area contributed by atoms with Crippen LogP contribution in [0.15, 0.2) is 36.0 Å². The number of thiophene rings is 1. The Morgan fingerprint density at radius 1 is 1.56 bits per heavy atom. The summed E-state index contributed by atoms with van der Waals surface area (Å²) < 4.78 is 0. The van der Waals surface area contributed by atoms with Gasteiger partial charge in [0.15, 0.2) is 0 Å². The van der Waals surface area contributed by atoms with Gasteiger partial charge in [-0.3, -0.25) is 9.78 Å². The van der Waals surface area contributed by atoms with E-state index in [1.54, 1.807) is 23.6 Å². The first kappa shape index (κ1) is 12.6. The van der Waals surface area contributed by atoms with Gasteiger partial charge in [0.05, 0.1) is 11.6 Å². The number of amides is 1. The molecule has 0 aliphatic heterocycles. The van der Waals surface area contributed by atoms with Crippen LogP contribution in [0, 0.1) is 0 Å². The molecule has 0 radical (unpaired) electrons. The molecule has 0 bridgehead atoms. The average Bonchev–Trinajstić information content (AvgIpc) is 2.90. The maximum absolute atomic E-state index is 12.1. The highest BCUT2D eigenvalue weighted by Crippen LogP contribution is 2.22. The van der Waals surface area contributed by atoms with Crippen LogP contribution in [0.25, 0.3) is 0 Å². The fourth-order valence-electron chi connectivity index (χ4n) is 1.69. The summed E-state index contributed by atoms with van der Waals surface area (Å²) in [5, 5.41) is 4.98. The molecule has 1 amide bonds. The summed E-state index contributed by atoms with van der Waals surface area (Å²) in [7, 11) is 0. The highest BCUT2D eigenvalue weighted by Gasteiger charge is 2.16. The van der Waals surface area contributed by atoms with E-state index in [4.69, 9.17) is 5.73 Å². The molecule has 0 saturated carbocycles. The van der Waals surface area contributed by atoms with Gasteiger partial charge in [0.1, 0.15) is 0 Å². The Kier molecular flexibility index (Phi) is 3.94. The summed E-state index contributed by atoms with van der Waals surface area (Å²) in [4.78, 5) is 17.2. The molecule has 2 aromatic heterocycles. The number of nitrogens with zero attached hydrogens (tertiary/aromatic N) is 1. The van der Waals surface area contributed by atoms with E-state index in [0.29, 0.717) is 11.3 Å². The van der Waals surface area contributed by atoms with Crippen molar-refractivity contribution in [3.63, 3.8) is 0 Å². The highest BCUT2D eigenvalue weighted by molar-refractivity contribution is 7.10. The minimum atomic E-state index is -0.180. The van der Waals surface area contributed by atoms with E-state index < -0.39 is 0 Å². The van der Waals surface area contributed by atoms with Crippen molar-refractivity contribution in [1.29, 1.82) is 0 Å². The lowest BCUT2D eigenvalue weighted by Crippen LogP contribution is -2.28. The van der Waals surface area contributed by atoms with Crippen molar-refractivity contribution in [1.82, 2.24) is 10.3 Å². The minimum absolute atomic E-state index is 0.0251. The molecule has 0 fully saturated rings. The zero-order valence-electron chi connectivity index (χ0n) is 10.1. The van der Waals surface area contributed by atoms with E-state index in [1.165, 1.54) is 6.20 Å². The standard InChI is InChI=1S/C13H15N3OS/c1-2-11(12-4-3-7-18-12)16-13(17)9-8-15-6-5-10(9)14/h3-8,11H,2H2,1H3,(H2,14,15)(H,16,17). The molecule has 1 atom stereocenters. The predicted molar refractivity (Wildman–Crippen MR) is 73.5 cm³/mol. The number of hydrogen-bond acceptors (Lipinski definition) is 4. The smallest absolute Gasteiger partial charge is 0.255 e. The molecule has 3 N–H and O–H groups in total. The second-order valence-electron chi connectivity index (χ2n) is 3.91. The fourth-order valence-corrected chi connectivity index (χ4v) is 2.56. The van der Waals surface area contributed by atoms with Gasteiger partial charge >= 0.3 is 0 Å². The molecule has 0 aromatic carbocycles. The molecule has 94 valence electrons. The first-order valence-electron chi connectivity index (χ1n) is 5.76. The Hall–Kier alpha value is -1.88. The number of rotatable bonds is 4. The number of nitrogens with two attached hydrogens (primary N) is 1. The fraction of sp³-hybridized carbons (Fsp3) is 0.231. The quantitative estimate of drug-likeness (QED) is 0.889. The van der Waals surface area contributed by atoms with Crippen LogP contribution in [0.2, 0.25) is 0 Å². The Morgan fingerprint density at radius 2 is 2.39 bits per heavy atom. The van der Waals surface area contributed by atoms with E-state index in [9.17, 15) is 4.79 Å². The highest BCUT2D eigenvalue weighted by atomic mass is 32.1. The van der Waals surface area contributed by atoms with Gasteiger partial charge in [0.2, 0.25) is 0 Å². The summed E-state index contributed by atoms with van der Waals surface area (Å²) in [5.74, 6) is -0.180. The van der Waals surface area contributed by atoms with Gasteiger partial charge in [0.25, 0.3) is 5.91 Å². The zero-order chi connectivity index (χ0) is 13.0. The Balaban J connectivity index is 2.14. The van der Waals surface area contributed by atoms with Crippen molar-refractivity contribution in [3.05, 3.63) is 46.4 Å². The third-order valence-corrected chi connectivity index (χ3v) is 3.69. The third kappa shape index (κ3) is 2.68. The van der Waals surface area contributed by atoms with E-state index in [1.807, 2.05) is 24.4 Å². The van der Waals surface area contributed by atoms with Crippen LogP contribution in [0.4, 0.5) is 5.69 Å². The molecule has 0 aliphatic rings. The summed E-state index contributed by atoms with van der Waals surface area (Å²) in [6.07, 6.45) is 3.90. The maximum Gasteiger partial charge on any atom is 0.255 e. The summed E-state index contributed by atoms with van der Waals surface area (Å²) in [5.41, 5.74) is 6.63. The minimum Gasteiger partial charge on any atom is -0.398 e. The monoisotopic (exact) mass is 261 g/mol. The second kappa shape index (κ2) is 5.64. The molecule has 2 aromatic rings. The molecule has 2 heterocycles. The third-order valence-electron chi connectivity index (χ3n) is 2.70. The molecule has 1 unspecified atom stereocenters. The normalized spacial score (nSPS) is 12.1. The summed E-state index contributed by atoms with van der Waals surface area (Å²) >= 11 is 1.64. The molecule has 0 spiro atoms. The number of hydrogen-bond donors (Lipinski definition) is 2. The predicted octanol–water partition coefficient (Wildman–Crippen LogP) is 2.61. The Labute approximate surface area is 110 Å². The average molecular weight is 261 g/mol. The molecule has 18 heavy (non-hydrogen) atoms. The Bertz CT molecular complexity index is 525. The molecular formula is C13H15N3OS. The molecule has 5 heteroatoms. The Morgan fingerprint density at radius 3 is 3.00 bits per heavy atom. The number of nitrogens with one attached hydrogen (secondary N) is 1. The van der Waals surface area contributed by atoms with Crippen molar-refractivity contribution in [2.75, 3.05) is 5.73 Å². The van der Waals surface area contributed by atoms with Crippen molar-refractivity contribution >= 4 is 22.9 Å². The zero-order valence-corrected chi connectivity index (χ0v) is 10.9. The number of carbonyl (C=O) groups is 1. The molecule has 0 saturated heterocycles. The van der Waals surface area contributed by atoms with Crippen LogP contribution >= 0.6 is 11.3 Å². The van der Waals surface area contributed by atoms with Crippen LogP contribution in [0.1, 0.15) is 34.6 Å². The second-order valence-corrected chi connectivity index (χ2v) is 4.89. The number of pyridine rings is 1. The summed E-state index contributed by atoms with van der Waals surface area (Å²) in [6, 6.07) is 5.65. The largest absolute Gasteiger partial charge is 0.398 e. The number of aromatic nitrogens is 1. The van der Waals surface area contributed by atoms with Crippen molar-refractivity contribution in [2.24, 2.45) is 0 Å². The number of carbonyl (C=O) groups excluding carboxylic acids is 1. The maximum atomic E-state index is 12.1. The van der Waals surface area contributed by atoms with Gasteiger partial charge in [-0.2, -0.15) is 0 Å². The van der Waals surface area contributed by atoms with Crippen molar-refractivity contribution < 1.29 is 4.79 Å². The van der Waals surface area contributed by atoms with E-state index in [-0.39, 0.29) is 11.9 Å². The molecule has 4 nitrogen and oxygen atoms in total. The van der Waals surface area contributed by atoms with Gasteiger partial charge in [-0.25, -0.2) is 0 Å². The molecular weight excluding hydrogens is 246 g/mol. The van der Waals surface area contributed by atoms with E-state index in [0.717, 1.165) is 11.3 Å². The van der Waals surface area contributed by atoms with Gasteiger partial charge in [0, 0.05) is 23.0 Å². The number of nitrogen functional groups attached to an aromatic ring is 1. The first-order valence-corrected chi connectivity index (χ1v) is 6.64. The lowest BCUT2D eigenvalue weighted by Gasteiger charge is -2.15. The van der Waals surface area contributed by atoms with Gasteiger partial charge in [-0.1, -0.05) is 13.0 Å². The lowest BCUT2D eigenvalue weighted by molar-refractivity contribution is 0.0937. The van der Waals surface area contributed by atoms with Crippen LogP contribution in [0.3, 0.4) is 0 Å². The van der Waals surface area contributed by atoms with E-state index >= 15 is 0 Å². The van der Waals surface area contributed by atoms with Crippen LogP contribution in [0.5, 0.6) is 0 Å². The molecule has 2 rings (SSSR count). The van der Waals surface area contributed by atoms with Gasteiger partial charge in [-0.15, -0.1) is 11.3 Å².